The van der Waals surface area contributed by atoms with Crippen molar-refractivity contribution in [3.8, 4) is 11.5 Å². The summed E-state index contributed by atoms with van der Waals surface area (Å²) in [6.45, 7) is 2.76. The highest BCUT2D eigenvalue weighted by Gasteiger charge is 2.16. The predicted molar refractivity (Wildman–Crippen MR) is 111 cm³/mol. The number of benzene rings is 2. The number of ether oxygens (including phenoxy) is 2. The van der Waals surface area contributed by atoms with E-state index in [9.17, 15) is 4.79 Å². The highest BCUT2D eigenvalue weighted by atomic mass is 16.7. The number of aromatic nitrogens is 2. The maximum Gasteiger partial charge on any atom is 0.274 e. The van der Waals surface area contributed by atoms with E-state index < -0.39 is 0 Å². The van der Waals surface area contributed by atoms with Gasteiger partial charge in [-0.1, -0.05) is 30.3 Å². The first-order valence-electron chi connectivity index (χ1n) is 9.52. The highest BCUT2D eigenvalue weighted by molar-refractivity contribution is 6.03. The molecule has 2 heterocycles. The third-order valence-corrected chi connectivity index (χ3v) is 4.49. The number of rotatable bonds is 7. The fourth-order valence-electron chi connectivity index (χ4n) is 3.07. The van der Waals surface area contributed by atoms with Gasteiger partial charge >= 0.3 is 0 Å². The molecule has 7 heteroatoms. The Bertz CT molecular complexity index is 1010. The molecule has 0 unspecified atom stereocenters. The van der Waals surface area contributed by atoms with Crippen molar-refractivity contribution in [2.75, 3.05) is 24.0 Å². The first kappa shape index (κ1) is 18.7. The minimum atomic E-state index is -0.304. The molecule has 0 radical (unpaired) electrons. The third-order valence-electron chi connectivity index (χ3n) is 4.49. The summed E-state index contributed by atoms with van der Waals surface area (Å²) in [6, 6.07) is 17.2. The van der Waals surface area contributed by atoms with Gasteiger partial charge in [-0.15, -0.1) is 0 Å². The fourth-order valence-corrected chi connectivity index (χ4v) is 3.07. The number of carbonyl (C=O) groups is 1. The first-order chi connectivity index (χ1) is 14.2. The summed E-state index contributed by atoms with van der Waals surface area (Å²) < 4.78 is 10.6. The Balaban J connectivity index is 1.36. The highest BCUT2D eigenvalue weighted by Crippen LogP contribution is 2.34. The minimum absolute atomic E-state index is 0.192. The lowest BCUT2D eigenvalue weighted by atomic mass is 10.1. The molecule has 0 atom stereocenters. The molecule has 0 aliphatic carbocycles. The summed E-state index contributed by atoms with van der Waals surface area (Å²) in [6.07, 6.45) is 1.91. The molecule has 2 aromatic carbocycles. The van der Waals surface area contributed by atoms with Crippen molar-refractivity contribution in [2.45, 2.75) is 19.8 Å². The molecular formula is C22H22N4O3. The van der Waals surface area contributed by atoms with Gasteiger partial charge in [-0.2, -0.15) is 0 Å². The molecule has 1 amide bonds. The number of nitrogens with one attached hydrogen (secondary N) is 2. The molecule has 4 rings (SSSR count). The van der Waals surface area contributed by atoms with E-state index in [1.165, 1.54) is 5.56 Å². The Hall–Kier alpha value is -3.61. The molecule has 29 heavy (non-hydrogen) atoms. The molecule has 0 saturated heterocycles. The molecule has 7 nitrogen and oxygen atoms in total. The van der Waals surface area contributed by atoms with E-state index in [4.69, 9.17) is 9.47 Å². The Morgan fingerprint density at radius 1 is 1.03 bits per heavy atom. The van der Waals surface area contributed by atoms with Crippen molar-refractivity contribution >= 4 is 17.5 Å². The third kappa shape index (κ3) is 4.82. The van der Waals surface area contributed by atoms with Gasteiger partial charge in [0.25, 0.3) is 5.91 Å². The lowest BCUT2D eigenvalue weighted by Gasteiger charge is -2.09. The zero-order chi connectivity index (χ0) is 20.1. The number of carbonyl (C=O) groups excluding carboxylic acids is 1. The number of nitrogens with zero attached hydrogens (tertiary/aromatic N) is 2. The van der Waals surface area contributed by atoms with Gasteiger partial charge in [-0.25, -0.2) is 9.97 Å². The van der Waals surface area contributed by atoms with Crippen LogP contribution >= 0.6 is 0 Å². The maximum absolute atomic E-state index is 12.6. The van der Waals surface area contributed by atoms with Gasteiger partial charge in [0.2, 0.25) is 12.7 Å². The fraction of sp³-hybridized carbons (Fsp3) is 0.227. The number of fused-ring (bicyclic) bond motifs is 1. The Morgan fingerprint density at radius 3 is 2.72 bits per heavy atom. The van der Waals surface area contributed by atoms with Crippen molar-refractivity contribution in [3.63, 3.8) is 0 Å². The van der Waals surface area contributed by atoms with Gasteiger partial charge < -0.3 is 20.1 Å². The predicted octanol–water partition coefficient (Wildman–Crippen LogP) is 3.81. The molecular weight excluding hydrogens is 368 g/mol. The summed E-state index contributed by atoms with van der Waals surface area (Å²) in [4.78, 5) is 21.4. The van der Waals surface area contributed by atoms with Crippen LogP contribution in [0, 0.1) is 6.92 Å². The molecule has 1 aromatic heterocycles. The summed E-state index contributed by atoms with van der Waals surface area (Å²) >= 11 is 0. The lowest BCUT2D eigenvalue weighted by molar-refractivity contribution is 0.102. The zero-order valence-electron chi connectivity index (χ0n) is 16.1. The number of anilines is 2. The van der Waals surface area contributed by atoms with E-state index in [0.717, 1.165) is 25.1 Å². The first-order valence-corrected chi connectivity index (χ1v) is 9.52. The topological polar surface area (TPSA) is 85.4 Å². The van der Waals surface area contributed by atoms with Crippen LogP contribution in [-0.4, -0.2) is 29.2 Å². The van der Waals surface area contributed by atoms with Crippen molar-refractivity contribution < 1.29 is 14.3 Å². The molecule has 1 aliphatic heterocycles. The smallest absolute Gasteiger partial charge is 0.274 e. The quantitative estimate of drug-likeness (QED) is 0.597. The van der Waals surface area contributed by atoms with Crippen LogP contribution in [0.2, 0.25) is 0 Å². The Kier molecular flexibility index (Phi) is 5.56. The van der Waals surface area contributed by atoms with Gasteiger partial charge in [0.1, 0.15) is 5.69 Å². The monoisotopic (exact) mass is 390 g/mol. The molecule has 0 bridgehead atoms. The van der Waals surface area contributed by atoms with E-state index in [1.54, 1.807) is 24.3 Å². The summed E-state index contributed by atoms with van der Waals surface area (Å²) in [5, 5.41) is 6.05. The summed E-state index contributed by atoms with van der Waals surface area (Å²) in [5.74, 6) is 1.43. The van der Waals surface area contributed by atoms with Crippen LogP contribution in [-0.2, 0) is 6.42 Å². The van der Waals surface area contributed by atoms with Crippen LogP contribution in [0.1, 0.15) is 28.2 Å². The van der Waals surface area contributed by atoms with Crippen LogP contribution in [0.15, 0.2) is 54.6 Å². The second-order valence-corrected chi connectivity index (χ2v) is 6.76. The van der Waals surface area contributed by atoms with Gasteiger partial charge in [-0.3, -0.25) is 4.79 Å². The zero-order valence-corrected chi connectivity index (χ0v) is 16.1. The van der Waals surface area contributed by atoms with Crippen LogP contribution < -0.4 is 20.1 Å². The molecule has 0 saturated carbocycles. The SMILES string of the molecule is Cc1cc(C(=O)Nc2ccc3c(c2)OCO3)nc(NCCCc2ccccc2)n1. The second-order valence-electron chi connectivity index (χ2n) is 6.76. The molecule has 2 N–H and O–H groups in total. The Morgan fingerprint density at radius 2 is 1.86 bits per heavy atom. The minimum Gasteiger partial charge on any atom is -0.454 e. The molecule has 1 aliphatic rings. The van der Waals surface area contributed by atoms with Gasteiger partial charge in [0, 0.05) is 24.0 Å². The lowest BCUT2D eigenvalue weighted by Crippen LogP contribution is -2.16. The van der Waals surface area contributed by atoms with E-state index in [-0.39, 0.29) is 12.7 Å². The largest absolute Gasteiger partial charge is 0.454 e. The van der Waals surface area contributed by atoms with E-state index in [0.29, 0.717) is 28.8 Å². The normalized spacial score (nSPS) is 11.9. The van der Waals surface area contributed by atoms with E-state index >= 15 is 0 Å². The van der Waals surface area contributed by atoms with Crippen LogP contribution in [0.4, 0.5) is 11.6 Å². The average Bonchev–Trinajstić information content (AvgIpc) is 3.19. The van der Waals surface area contributed by atoms with Crippen molar-refractivity contribution in [1.29, 1.82) is 0 Å². The number of aryl methyl sites for hydroxylation is 2. The van der Waals surface area contributed by atoms with Crippen LogP contribution in [0.25, 0.3) is 0 Å². The van der Waals surface area contributed by atoms with Crippen molar-refractivity contribution in [1.82, 2.24) is 9.97 Å². The summed E-state index contributed by atoms with van der Waals surface area (Å²) in [5.41, 5.74) is 2.94. The number of amides is 1. The summed E-state index contributed by atoms with van der Waals surface area (Å²) in [7, 11) is 0. The molecule has 0 fully saturated rings. The standard InChI is InChI=1S/C22H22N4O3/c1-15-12-18(21(27)25-17-9-10-19-20(13-17)29-14-28-19)26-22(24-15)23-11-5-8-16-6-3-2-4-7-16/h2-4,6-7,9-10,12-13H,5,8,11,14H2,1H3,(H,25,27)(H,23,24,26). The van der Waals surface area contributed by atoms with Gasteiger partial charge in [0.05, 0.1) is 0 Å². The molecule has 3 aromatic rings. The van der Waals surface area contributed by atoms with Crippen LogP contribution in [0.3, 0.4) is 0 Å². The van der Waals surface area contributed by atoms with Crippen LogP contribution in [0.5, 0.6) is 11.5 Å². The van der Waals surface area contributed by atoms with Crippen molar-refractivity contribution in [2.24, 2.45) is 0 Å². The number of hydrogen-bond donors (Lipinski definition) is 2. The van der Waals surface area contributed by atoms with Crippen molar-refractivity contribution in [3.05, 3.63) is 71.5 Å². The van der Waals surface area contributed by atoms with E-state index in [1.807, 2.05) is 25.1 Å². The Labute approximate surface area is 169 Å². The van der Waals surface area contributed by atoms with Gasteiger partial charge in [-0.05, 0) is 43.5 Å². The number of hydrogen-bond acceptors (Lipinski definition) is 6. The second kappa shape index (κ2) is 8.60. The van der Waals surface area contributed by atoms with E-state index in [2.05, 4.69) is 32.7 Å². The molecule has 0 spiro atoms. The average molecular weight is 390 g/mol. The van der Waals surface area contributed by atoms with Gasteiger partial charge in [0.15, 0.2) is 11.5 Å². The molecule has 148 valence electrons. The maximum atomic E-state index is 12.6.